The molecule has 3 heterocycles. The van der Waals surface area contributed by atoms with Gasteiger partial charge >= 0.3 is 0 Å². The number of carbonyl (C=O) groups excluding carboxylic acids is 1. The molecule has 3 aromatic heterocycles. The van der Waals surface area contributed by atoms with Gasteiger partial charge in [0.1, 0.15) is 5.82 Å². The van der Waals surface area contributed by atoms with E-state index in [0.29, 0.717) is 22.5 Å². The largest absolute Gasteiger partial charge is 0.383 e. The zero-order valence-electron chi connectivity index (χ0n) is 15.3. The van der Waals surface area contributed by atoms with Crippen LogP contribution < -0.4 is 5.73 Å². The molecule has 2 N–H and O–H groups in total. The molecule has 4 aromatic rings. The van der Waals surface area contributed by atoms with Gasteiger partial charge in [0.2, 0.25) is 5.95 Å². The van der Waals surface area contributed by atoms with Gasteiger partial charge in [-0.15, -0.1) is 0 Å². The number of hydrogen-bond acceptors (Lipinski definition) is 6. The molecule has 9 heteroatoms. The Morgan fingerprint density at radius 3 is 2.79 bits per heavy atom. The molecule has 0 unspecified atom stereocenters. The fourth-order valence-corrected chi connectivity index (χ4v) is 3.12. The molecule has 0 fully saturated rings. The van der Waals surface area contributed by atoms with Crippen LogP contribution in [-0.4, -0.2) is 37.8 Å². The summed E-state index contributed by atoms with van der Waals surface area (Å²) in [6, 6.07) is 7.92. The minimum atomic E-state index is -0.583. The number of aromatic nitrogens is 4. The normalized spacial score (nSPS) is 11.2. The highest BCUT2D eigenvalue weighted by molar-refractivity contribution is 6.10. The van der Waals surface area contributed by atoms with Gasteiger partial charge in [0.15, 0.2) is 0 Å². The predicted molar refractivity (Wildman–Crippen MR) is 102 cm³/mol. The van der Waals surface area contributed by atoms with Crippen LogP contribution in [0.1, 0.15) is 15.9 Å². The van der Waals surface area contributed by atoms with Crippen LogP contribution in [0.2, 0.25) is 0 Å². The van der Waals surface area contributed by atoms with Crippen LogP contribution in [0.4, 0.5) is 10.2 Å². The monoisotopic (exact) mass is 380 g/mol. The molecular weight excluding hydrogens is 363 g/mol. The number of nitrogens with two attached hydrogens (primary N) is 1. The molecule has 1 amide bonds. The van der Waals surface area contributed by atoms with E-state index < -0.39 is 5.95 Å². The van der Waals surface area contributed by atoms with Gasteiger partial charge in [-0.05, 0) is 29.8 Å². The van der Waals surface area contributed by atoms with Crippen LogP contribution in [0.5, 0.6) is 0 Å². The Morgan fingerprint density at radius 2 is 2.07 bits per heavy atom. The molecule has 0 saturated heterocycles. The fourth-order valence-electron chi connectivity index (χ4n) is 3.12. The summed E-state index contributed by atoms with van der Waals surface area (Å²) in [6.07, 6.45) is 3.01. The second kappa shape index (κ2) is 6.86. The van der Waals surface area contributed by atoms with Crippen molar-refractivity contribution >= 4 is 33.5 Å². The Kier molecular flexibility index (Phi) is 4.36. The number of aryl methyl sites for hydroxylation is 1. The molecule has 1 aromatic carbocycles. The highest BCUT2D eigenvalue weighted by Crippen LogP contribution is 2.28. The van der Waals surface area contributed by atoms with Gasteiger partial charge < -0.3 is 5.73 Å². The minimum absolute atomic E-state index is 0.127. The Balaban J connectivity index is 1.73. The zero-order valence-corrected chi connectivity index (χ0v) is 15.3. The number of halogens is 1. The van der Waals surface area contributed by atoms with Crippen molar-refractivity contribution in [1.82, 2.24) is 24.8 Å². The Labute approximate surface area is 159 Å². The molecule has 0 bridgehead atoms. The minimum Gasteiger partial charge on any atom is -0.383 e. The molecule has 0 aliphatic heterocycles. The molecule has 0 spiro atoms. The summed E-state index contributed by atoms with van der Waals surface area (Å²) in [4.78, 5) is 26.2. The van der Waals surface area contributed by atoms with Crippen molar-refractivity contribution < 1.29 is 14.0 Å². The van der Waals surface area contributed by atoms with Crippen molar-refractivity contribution in [3.05, 3.63) is 59.8 Å². The summed E-state index contributed by atoms with van der Waals surface area (Å²) in [7, 11) is 3.20. The third kappa shape index (κ3) is 3.01. The number of fused-ring (bicyclic) bond motifs is 3. The topological polar surface area (TPSA) is 99.2 Å². The van der Waals surface area contributed by atoms with E-state index in [1.165, 1.54) is 24.4 Å². The van der Waals surface area contributed by atoms with Gasteiger partial charge in [-0.1, -0.05) is 6.07 Å². The SMILES string of the molecule is CON(Cc1ccc(F)nc1)C(=O)c1ccc2nc(N)c3cnn(C)c3c2c1. The maximum atomic E-state index is 13.0. The van der Waals surface area contributed by atoms with Crippen LogP contribution in [0, 0.1) is 5.95 Å². The molecule has 0 atom stereocenters. The fraction of sp³-hybridized carbons (Fsp3) is 0.158. The lowest BCUT2D eigenvalue weighted by atomic mass is 10.1. The quantitative estimate of drug-likeness (QED) is 0.431. The number of amides is 1. The number of hydrogen-bond donors (Lipinski definition) is 1. The van der Waals surface area contributed by atoms with Crippen molar-refractivity contribution in [3.8, 4) is 0 Å². The van der Waals surface area contributed by atoms with Crippen LogP contribution in [-0.2, 0) is 18.4 Å². The Hall–Kier alpha value is -3.59. The number of anilines is 1. The molecule has 28 heavy (non-hydrogen) atoms. The lowest BCUT2D eigenvalue weighted by Gasteiger charge is -2.20. The number of nitrogens with zero attached hydrogens (tertiary/aromatic N) is 5. The van der Waals surface area contributed by atoms with Crippen LogP contribution in [0.15, 0.2) is 42.7 Å². The average molecular weight is 380 g/mol. The van der Waals surface area contributed by atoms with Gasteiger partial charge in [0.25, 0.3) is 5.91 Å². The highest BCUT2D eigenvalue weighted by Gasteiger charge is 2.19. The van der Waals surface area contributed by atoms with E-state index >= 15 is 0 Å². The first kappa shape index (κ1) is 17.8. The number of benzene rings is 1. The van der Waals surface area contributed by atoms with E-state index in [1.807, 2.05) is 0 Å². The van der Waals surface area contributed by atoms with Crippen molar-refractivity contribution in [3.63, 3.8) is 0 Å². The molecule has 0 radical (unpaired) electrons. The van der Waals surface area contributed by atoms with Crippen molar-refractivity contribution in [1.29, 1.82) is 0 Å². The Bertz CT molecular complexity index is 1190. The summed E-state index contributed by atoms with van der Waals surface area (Å²) in [6.45, 7) is 0.127. The van der Waals surface area contributed by atoms with Gasteiger partial charge in [-0.25, -0.2) is 15.0 Å². The first-order chi connectivity index (χ1) is 13.5. The maximum Gasteiger partial charge on any atom is 0.277 e. The summed E-state index contributed by atoms with van der Waals surface area (Å²) in [5.74, 6) is -0.543. The number of rotatable bonds is 4. The van der Waals surface area contributed by atoms with Crippen molar-refractivity contribution in [2.45, 2.75) is 6.54 Å². The predicted octanol–water partition coefficient (Wildman–Crippen LogP) is 2.44. The van der Waals surface area contributed by atoms with Gasteiger partial charge in [-0.2, -0.15) is 9.49 Å². The van der Waals surface area contributed by atoms with Gasteiger partial charge in [-0.3, -0.25) is 14.3 Å². The lowest BCUT2D eigenvalue weighted by molar-refractivity contribution is -0.102. The first-order valence-corrected chi connectivity index (χ1v) is 8.45. The maximum absolute atomic E-state index is 13.0. The first-order valence-electron chi connectivity index (χ1n) is 8.45. The standard InChI is InChI=1S/C19H17FN6O2/c1-25-17-13-7-12(4-5-15(13)24-18(21)14(17)9-23-25)19(27)26(28-2)10-11-3-6-16(20)22-8-11/h3-9H,10H2,1-2H3,(H2,21,24). The summed E-state index contributed by atoms with van der Waals surface area (Å²) < 4.78 is 14.7. The van der Waals surface area contributed by atoms with E-state index in [2.05, 4.69) is 15.1 Å². The number of nitrogen functional groups attached to an aromatic ring is 1. The number of hydroxylamine groups is 2. The average Bonchev–Trinajstić information content (AvgIpc) is 3.09. The lowest BCUT2D eigenvalue weighted by Crippen LogP contribution is -2.29. The summed E-state index contributed by atoms with van der Waals surface area (Å²) in [5.41, 5.74) is 8.52. The molecule has 0 aliphatic rings. The third-order valence-electron chi connectivity index (χ3n) is 4.52. The molecule has 142 valence electrons. The van der Waals surface area contributed by atoms with E-state index in [1.54, 1.807) is 42.2 Å². The summed E-state index contributed by atoms with van der Waals surface area (Å²) >= 11 is 0. The van der Waals surface area contributed by atoms with Gasteiger partial charge in [0.05, 0.1) is 36.3 Å². The van der Waals surface area contributed by atoms with Gasteiger partial charge in [0, 0.05) is 24.2 Å². The zero-order chi connectivity index (χ0) is 19.8. The molecular formula is C19H17FN6O2. The second-order valence-corrected chi connectivity index (χ2v) is 6.27. The van der Waals surface area contributed by atoms with E-state index in [4.69, 9.17) is 10.6 Å². The van der Waals surface area contributed by atoms with Crippen LogP contribution in [0.3, 0.4) is 0 Å². The van der Waals surface area contributed by atoms with E-state index in [9.17, 15) is 9.18 Å². The molecule has 8 nitrogen and oxygen atoms in total. The Morgan fingerprint density at radius 1 is 1.25 bits per heavy atom. The van der Waals surface area contributed by atoms with E-state index in [-0.39, 0.29) is 12.5 Å². The smallest absolute Gasteiger partial charge is 0.277 e. The van der Waals surface area contributed by atoms with Crippen LogP contribution in [0.25, 0.3) is 21.8 Å². The number of pyridine rings is 2. The summed E-state index contributed by atoms with van der Waals surface area (Å²) in [5, 5.41) is 6.90. The van der Waals surface area contributed by atoms with Crippen LogP contribution >= 0.6 is 0 Å². The molecule has 0 saturated carbocycles. The highest BCUT2D eigenvalue weighted by atomic mass is 19.1. The third-order valence-corrected chi connectivity index (χ3v) is 4.52. The van der Waals surface area contributed by atoms with Crippen molar-refractivity contribution in [2.24, 2.45) is 7.05 Å². The molecule has 0 aliphatic carbocycles. The van der Waals surface area contributed by atoms with Crippen molar-refractivity contribution in [2.75, 3.05) is 12.8 Å². The molecule has 4 rings (SSSR count). The second-order valence-electron chi connectivity index (χ2n) is 6.27. The number of carbonyl (C=O) groups is 1. The van der Waals surface area contributed by atoms with E-state index in [0.717, 1.165) is 16.3 Å².